The molecule has 0 amide bonds. The van der Waals surface area contributed by atoms with E-state index >= 15 is 0 Å². The highest BCUT2D eigenvalue weighted by Gasteiger charge is 2.33. The van der Waals surface area contributed by atoms with Crippen molar-refractivity contribution in [3.63, 3.8) is 0 Å². The van der Waals surface area contributed by atoms with E-state index in [0.29, 0.717) is 24.0 Å². The fraction of sp³-hybridized carbons (Fsp3) is 0.280. The predicted octanol–water partition coefficient (Wildman–Crippen LogP) is 5.44. The summed E-state index contributed by atoms with van der Waals surface area (Å²) in [5, 5.41) is 10.3. The molecular weight excluding hydrogens is 607 g/mol. The lowest BCUT2D eigenvalue weighted by Crippen LogP contribution is -2.46. The van der Waals surface area contributed by atoms with Crippen LogP contribution < -0.4 is 10.6 Å². The predicted molar refractivity (Wildman–Crippen MR) is 155 cm³/mol. The lowest BCUT2D eigenvalue weighted by molar-refractivity contribution is 0.179. The number of halogens is 1. The van der Waals surface area contributed by atoms with Crippen molar-refractivity contribution >= 4 is 61.4 Å². The maximum Gasteiger partial charge on any atom is 0.243 e. The Kier molecular flexibility index (Phi) is 9.12. The normalized spacial score (nSPS) is 15.7. The summed E-state index contributed by atoms with van der Waals surface area (Å²) in [5.74, 6) is 1.02. The standard InChI is InChI=1S/C25H29IN6O2S2/c1-3-20(16-26)28-24-8-12-27-25(30-24)29-21-4-6-23(7-5-21)36(33,34)32(17-19-11-15-35-18-19)22-9-13-31(2)14-10-22/h3-8,11-12,15-16,18,22H,1,9-10,13-14,17H2,2H3,(H2,27,28,29,30)/b20-16+. The Morgan fingerprint density at radius 2 is 2.00 bits per heavy atom. The molecule has 0 unspecified atom stereocenters. The van der Waals surface area contributed by atoms with Crippen LogP contribution in [0.25, 0.3) is 0 Å². The third-order valence-corrected chi connectivity index (χ3v) is 9.31. The molecule has 0 spiro atoms. The van der Waals surface area contributed by atoms with Crippen LogP contribution >= 0.6 is 33.9 Å². The Morgan fingerprint density at radius 3 is 2.64 bits per heavy atom. The Balaban J connectivity index is 1.52. The number of hydrogen-bond donors (Lipinski definition) is 2. The molecule has 3 aromatic rings. The molecule has 0 aliphatic carbocycles. The number of benzene rings is 1. The Hall–Kier alpha value is -2.32. The maximum absolute atomic E-state index is 13.8. The number of hydrogen-bond acceptors (Lipinski definition) is 8. The van der Waals surface area contributed by atoms with Gasteiger partial charge in [-0.25, -0.2) is 13.4 Å². The Bertz CT molecular complexity index is 1290. The molecule has 3 heterocycles. The van der Waals surface area contributed by atoms with Crippen molar-refractivity contribution in [1.29, 1.82) is 0 Å². The van der Waals surface area contributed by atoms with Gasteiger partial charge in [0, 0.05) is 34.3 Å². The lowest BCUT2D eigenvalue weighted by atomic mass is 10.1. The van der Waals surface area contributed by atoms with Crippen LogP contribution in [0.5, 0.6) is 0 Å². The second kappa shape index (κ2) is 12.3. The van der Waals surface area contributed by atoms with Gasteiger partial charge in [-0.05, 0) is 91.8 Å². The summed E-state index contributed by atoms with van der Waals surface area (Å²) >= 11 is 3.71. The van der Waals surface area contributed by atoms with Crippen molar-refractivity contribution in [3.8, 4) is 0 Å². The molecule has 1 fully saturated rings. The van der Waals surface area contributed by atoms with Gasteiger partial charge in [-0.3, -0.25) is 0 Å². The van der Waals surface area contributed by atoms with Gasteiger partial charge in [-0.2, -0.15) is 20.6 Å². The van der Waals surface area contributed by atoms with Gasteiger partial charge in [0.05, 0.1) is 4.90 Å². The van der Waals surface area contributed by atoms with Crippen molar-refractivity contribution in [2.45, 2.75) is 30.3 Å². The van der Waals surface area contributed by atoms with Crippen LogP contribution in [0.1, 0.15) is 18.4 Å². The van der Waals surface area contributed by atoms with E-state index in [0.717, 1.165) is 37.2 Å². The van der Waals surface area contributed by atoms with Gasteiger partial charge in [0.15, 0.2) is 0 Å². The number of sulfonamides is 1. The molecule has 2 N–H and O–H groups in total. The molecule has 8 nitrogen and oxygen atoms in total. The highest BCUT2D eigenvalue weighted by molar-refractivity contribution is 14.1. The van der Waals surface area contributed by atoms with Crippen LogP contribution in [0.15, 0.2) is 80.7 Å². The summed E-state index contributed by atoms with van der Waals surface area (Å²) in [4.78, 5) is 11.2. The number of nitrogens with zero attached hydrogens (tertiary/aromatic N) is 4. The SMILES string of the molecule is C=C/C(=C\I)Nc1ccnc(Nc2ccc(S(=O)(=O)N(Cc3ccsc3)C3CCN(C)CC3)cc2)n1. The number of aromatic nitrogens is 2. The van der Waals surface area contributed by atoms with Crippen molar-refractivity contribution in [3.05, 3.63) is 81.4 Å². The average Bonchev–Trinajstić information content (AvgIpc) is 3.40. The minimum atomic E-state index is -3.68. The number of likely N-dealkylation sites (tertiary alicyclic amines) is 1. The fourth-order valence-corrected chi connectivity index (χ4v) is 6.73. The first-order valence-corrected chi connectivity index (χ1v) is 15.1. The van der Waals surface area contributed by atoms with Gasteiger partial charge in [0.25, 0.3) is 0 Å². The van der Waals surface area contributed by atoms with Crippen LogP contribution in [0.3, 0.4) is 0 Å². The first-order valence-electron chi connectivity index (χ1n) is 11.5. The monoisotopic (exact) mass is 636 g/mol. The topological polar surface area (TPSA) is 90.5 Å². The summed E-state index contributed by atoms with van der Waals surface area (Å²) in [6.45, 7) is 5.92. The number of piperidine rings is 1. The van der Waals surface area contributed by atoms with Gasteiger partial charge in [-0.1, -0.05) is 29.2 Å². The zero-order chi connectivity index (χ0) is 25.5. The third-order valence-electron chi connectivity index (χ3n) is 6.00. The molecular formula is C25H29IN6O2S2. The molecule has 1 aromatic carbocycles. The second-order valence-corrected chi connectivity index (χ2v) is 11.8. The molecule has 1 aliphatic heterocycles. The summed E-state index contributed by atoms with van der Waals surface area (Å²) in [6.07, 6.45) is 4.99. The molecule has 1 saturated heterocycles. The number of anilines is 3. The summed E-state index contributed by atoms with van der Waals surface area (Å²) in [7, 11) is -1.60. The van der Waals surface area contributed by atoms with E-state index in [2.05, 4.69) is 61.7 Å². The van der Waals surface area contributed by atoms with Crippen molar-refractivity contribution in [1.82, 2.24) is 19.2 Å². The summed E-state index contributed by atoms with van der Waals surface area (Å²) in [6, 6.07) is 10.5. The Labute approximate surface area is 230 Å². The van der Waals surface area contributed by atoms with Crippen molar-refractivity contribution in [2.75, 3.05) is 30.8 Å². The van der Waals surface area contributed by atoms with Crippen LogP contribution in [0, 0.1) is 0 Å². The number of rotatable bonds is 10. The van der Waals surface area contributed by atoms with Crippen LogP contribution in [0.2, 0.25) is 0 Å². The molecule has 2 aromatic heterocycles. The Morgan fingerprint density at radius 1 is 1.25 bits per heavy atom. The van der Waals surface area contributed by atoms with Gasteiger partial charge in [-0.15, -0.1) is 0 Å². The summed E-state index contributed by atoms with van der Waals surface area (Å²) < 4.78 is 31.1. The van der Waals surface area contributed by atoms with E-state index in [1.807, 2.05) is 20.9 Å². The first-order chi connectivity index (χ1) is 17.4. The summed E-state index contributed by atoms with van der Waals surface area (Å²) in [5.41, 5.74) is 2.54. The average molecular weight is 637 g/mol. The van der Waals surface area contributed by atoms with E-state index in [9.17, 15) is 8.42 Å². The minimum Gasteiger partial charge on any atom is -0.340 e. The maximum atomic E-state index is 13.8. The number of nitrogens with one attached hydrogen (secondary N) is 2. The molecule has 36 heavy (non-hydrogen) atoms. The van der Waals surface area contributed by atoms with E-state index in [1.165, 1.54) is 0 Å². The van der Waals surface area contributed by atoms with Crippen LogP contribution in [-0.2, 0) is 16.6 Å². The lowest BCUT2D eigenvalue weighted by Gasteiger charge is -2.36. The highest BCUT2D eigenvalue weighted by atomic mass is 127. The number of allylic oxidation sites excluding steroid dienone is 1. The zero-order valence-electron chi connectivity index (χ0n) is 20.0. The molecule has 4 rings (SSSR count). The second-order valence-electron chi connectivity index (χ2n) is 8.52. The van der Waals surface area contributed by atoms with Crippen LogP contribution in [-0.4, -0.2) is 53.8 Å². The van der Waals surface area contributed by atoms with E-state index in [-0.39, 0.29) is 10.9 Å². The van der Waals surface area contributed by atoms with E-state index < -0.39 is 10.0 Å². The van der Waals surface area contributed by atoms with Crippen LogP contribution in [0.4, 0.5) is 17.5 Å². The van der Waals surface area contributed by atoms with Gasteiger partial charge in [0.1, 0.15) is 5.82 Å². The largest absolute Gasteiger partial charge is 0.340 e. The highest BCUT2D eigenvalue weighted by Crippen LogP contribution is 2.28. The van der Waals surface area contributed by atoms with Gasteiger partial charge >= 0.3 is 0 Å². The zero-order valence-corrected chi connectivity index (χ0v) is 23.8. The van der Waals surface area contributed by atoms with Crippen molar-refractivity contribution < 1.29 is 8.42 Å². The molecule has 190 valence electrons. The molecule has 0 radical (unpaired) electrons. The molecule has 11 heteroatoms. The molecule has 0 saturated carbocycles. The van der Waals surface area contributed by atoms with E-state index in [4.69, 9.17) is 0 Å². The molecule has 0 bridgehead atoms. The van der Waals surface area contributed by atoms with E-state index in [1.54, 1.807) is 58.2 Å². The number of thiophene rings is 1. The first kappa shape index (κ1) is 26.7. The quantitative estimate of drug-likeness (QED) is 0.226. The smallest absolute Gasteiger partial charge is 0.243 e. The third kappa shape index (κ3) is 6.71. The van der Waals surface area contributed by atoms with Gasteiger partial charge in [0.2, 0.25) is 16.0 Å². The molecule has 0 atom stereocenters. The van der Waals surface area contributed by atoms with Gasteiger partial charge < -0.3 is 15.5 Å². The fourth-order valence-electron chi connectivity index (χ4n) is 3.99. The van der Waals surface area contributed by atoms with Crippen molar-refractivity contribution in [2.24, 2.45) is 0 Å². The minimum absolute atomic E-state index is 0.0235. The molecule has 1 aliphatic rings.